The molecule has 1 aliphatic rings. The summed E-state index contributed by atoms with van der Waals surface area (Å²) in [5.74, 6) is 0.676. The van der Waals surface area contributed by atoms with E-state index < -0.39 is 0 Å². The van der Waals surface area contributed by atoms with E-state index in [0.29, 0.717) is 12.3 Å². The van der Waals surface area contributed by atoms with Gasteiger partial charge in [0.25, 0.3) is 0 Å². The summed E-state index contributed by atoms with van der Waals surface area (Å²) in [7, 11) is 0. The van der Waals surface area contributed by atoms with E-state index >= 15 is 0 Å². The Morgan fingerprint density at radius 3 is 3.08 bits per heavy atom. The number of piperidine rings is 1. The number of anilines is 1. The normalized spacial score (nSPS) is 17.7. The lowest BCUT2D eigenvalue weighted by Gasteiger charge is -2.32. The molecule has 1 N–H and O–H groups in total. The van der Waals surface area contributed by atoms with Crippen LogP contribution in [0.3, 0.4) is 0 Å². The second kappa shape index (κ2) is 8.29. The molecular weight excluding hydrogens is 318 g/mol. The Morgan fingerprint density at radius 1 is 1.42 bits per heavy atom. The van der Waals surface area contributed by atoms with Crippen LogP contribution in [0.2, 0.25) is 0 Å². The quantitative estimate of drug-likeness (QED) is 0.874. The number of rotatable bonds is 6. The summed E-state index contributed by atoms with van der Waals surface area (Å²) in [4.78, 5) is 18.9. The van der Waals surface area contributed by atoms with E-state index in [1.165, 1.54) is 24.0 Å². The van der Waals surface area contributed by atoms with Crippen molar-refractivity contribution in [1.82, 2.24) is 10.3 Å². The van der Waals surface area contributed by atoms with E-state index in [1.54, 1.807) is 11.3 Å². The molecule has 0 spiro atoms. The van der Waals surface area contributed by atoms with E-state index in [9.17, 15) is 4.79 Å². The first-order valence-electron chi connectivity index (χ1n) is 8.68. The fourth-order valence-electron chi connectivity index (χ4n) is 3.26. The molecule has 0 saturated carbocycles. The maximum absolute atomic E-state index is 12.1. The average Bonchev–Trinajstić information content (AvgIpc) is 3.14. The van der Waals surface area contributed by atoms with Gasteiger partial charge in [-0.1, -0.05) is 24.3 Å². The predicted molar refractivity (Wildman–Crippen MR) is 99.6 cm³/mol. The number of amides is 1. The molecule has 1 amide bonds. The van der Waals surface area contributed by atoms with E-state index in [-0.39, 0.29) is 5.91 Å². The zero-order valence-electron chi connectivity index (χ0n) is 14.2. The van der Waals surface area contributed by atoms with Crippen LogP contribution in [0, 0.1) is 12.8 Å². The highest BCUT2D eigenvalue weighted by Gasteiger charge is 2.21. The summed E-state index contributed by atoms with van der Waals surface area (Å²) in [6.07, 6.45) is 5.59. The lowest BCUT2D eigenvalue weighted by atomic mass is 9.98. The van der Waals surface area contributed by atoms with Crippen LogP contribution in [-0.2, 0) is 11.2 Å². The number of aromatic nitrogens is 1. The van der Waals surface area contributed by atoms with Crippen molar-refractivity contribution in [2.24, 2.45) is 5.92 Å². The monoisotopic (exact) mass is 343 g/mol. The fraction of sp³-hybridized carbons (Fsp3) is 0.474. The van der Waals surface area contributed by atoms with Crippen molar-refractivity contribution in [1.29, 1.82) is 0 Å². The Labute approximate surface area is 147 Å². The predicted octanol–water partition coefficient (Wildman–Crippen LogP) is 3.42. The number of aryl methyl sites for hydroxylation is 2. The number of carbonyl (C=O) groups is 1. The smallest absolute Gasteiger partial charge is 0.220 e. The SMILES string of the molecule is Cc1ccccc1CCC(=O)NC[C@H]1CCCN(c2nccs2)C1. The zero-order chi connectivity index (χ0) is 16.8. The summed E-state index contributed by atoms with van der Waals surface area (Å²) in [6, 6.07) is 8.28. The molecule has 1 aromatic carbocycles. The van der Waals surface area contributed by atoms with Crippen molar-refractivity contribution < 1.29 is 4.79 Å². The first kappa shape index (κ1) is 17.0. The van der Waals surface area contributed by atoms with E-state index in [1.807, 2.05) is 23.7 Å². The van der Waals surface area contributed by atoms with Gasteiger partial charge in [0.1, 0.15) is 0 Å². The van der Waals surface area contributed by atoms with Gasteiger partial charge in [0.15, 0.2) is 5.13 Å². The fourth-order valence-corrected chi connectivity index (χ4v) is 3.94. The molecular formula is C19H25N3OS. The van der Waals surface area contributed by atoms with Gasteiger partial charge in [-0.3, -0.25) is 4.79 Å². The van der Waals surface area contributed by atoms with Gasteiger partial charge in [-0.25, -0.2) is 4.98 Å². The third-order valence-corrected chi connectivity index (χ3v) is 5.51. The first-order valence-corrected chi connectivity index (χ1v) is 9.56. The van der Waals surface area contributed by atoms with Crippen LogP contribution < -0.4 is 10.2 Å². The van der Waals surface area contributed by atoms with Crippen molar-refractivity contribution in [3.05, 3.63) is 47.0 Å². The molecule has 4 nitrogen and oxygen atoms in total. The molecule has 24 heavy (non-hydrogen) atoms. The molecule has 2 heterocycles. The molecule has 0 bridgehead atoms. The van der Waals surface area contributed by atoms with Gasteiger partial charge in [-0.05, 0) is 43.2 Å². The molecule has 0 aliphatic carbocycles. The number of benzene rings is 1. The van der Waals surface area contributed by atoms with Gasteiger partial charge in [0.2, 0.25) is 5.91 Å². The van der Waals surface area contributed by atoms with Gasteiger partial charge >= 0.3 is 0 Å². The highest BCUT2D eigenvalue weighted by atomic mass is 32.1. The number of thiazole rings is 1. The molecule has 2 aromatic rings. The maximum atomic E-state index is 12.1. The third-order valence-electron chi connectivity index (χ3n) is 4.68. The second-order valence-electron chi connectivity index (χ2n) is 6.50. The van der Waals surface area contributed by atoms with Crippen LogP contribution in [0.25, 0.3) is 0 Å². The summed E-state index contributed by atoms with van der Waals surface area (Å²) in [6.45, 7) is 4.94. The van der Waals surface area contributed by atoms with Crippen LogP contribution in [0.4, 0.5) is 5.13 Å². The highest BCUT2D eigenvalue weighted by molar-refractivity contribution is 7.13. The molecule has 1 saturated heterocycles. The summed E-state index contributed by atoms with van der Waals surface area (Å²) >= 11 is 1.69. The van der Waals surface area contributed by atoms with Crippen molar-refractivity contribution in [3.63, 3.8) is 0 Å². The first-order chi connectivity index (χ1) is 11.7. The Bertz CT molecular complexity index is 656. The van der Waals surface area contributed by atoms with Gasteiger partial charge in [0, 0.05) is 37.6 Å². The van der Waals surface area contributed by atoms with Crippen LogP contribution in [0.15, 0.2) is 35.8 Å². The number of hydrogen-bond donors (Lipinski definition) is 1. The highest BCUT2D eigenvalue weighted by Crippen LogP contribution is 2.24. The van der Waals surface area contributed by atoms with Crippen LogP contribution in [0.1, 0.15) is 30.4 Å². The van der Waals surface area contributed by atoms with E-state index in [4.69, 9.17) is 0 Å². The Kier molecular flexibility index (Phi) is 5.86. The van der Waals surface area contributed by atoms with Crippen molar-refractivity contribution >= 4 is 22.4 Å². The van der Waals surface area contributed by atoms with Crippen LogP contribution >= 0.6 is 11.3 Å². The maximum Gasteiger partial charge on any atom is 0.220 e. The summed E-state index contributed by atoms with van der Waals surface area (Å²) in [5, 5.41) is 6.25. The van der Waals surface area contributed by atoms with E-state index in [2.05, 4.69) is 34.3 Å². The number of hydrogen-bond acceptors (Lipinski definition) is 4. The molecule has 0 radical (unpaired) electrons. The Morgan fingerprint density at radius 2 is 2.29 bits per heavy atom. The van der Waals surface area contributed by atoms with Gasteiger partial charge < -0.3 is 10.2 Å². The topological polar surface area (TPSA) is 45.2 Å². The number of carbonyl (C=O) groups excluding carboxylic acids is 1. The minimum Gasteiger partial charge on any atom is -0.356 e. The minimum absolute atomic E-state index is 0.157. The van der Waals surface area contributed by atoms with Crippen molar-refractivity contribution in [2.45, 2.75) is 32.6 Å². The zero-order valence-corrected chi connectivity index (χ0v) is 15.0. The molecule has 0 unspecified atom stereocenters. The largest absolute Gasteiger partial charge is 0.356 e. The molecule has 5 heteroatoms. The molecule has 128 valence electrons. The summed E-state index contributed by atoms with van der Waals surface area (Å²) < 4.78 is 0. The Hall–Kier alpha value is -1.88. The number of nitrogens with zero attached hydrogens (tertiary/aromatic N) is 2. The summed E-state index contributed by atoms with van der Waals surface area (Å²) in [5.41, 5.74) is 2.52. The van der Waals surface area contributed by atoms with Gasteiger partial charge in [-0.15, -0.1) is 11.3 Å². The standard InChI is InChI=1S/C19H25N3OS/c1-15-5-2-3-7-17(15)8-9-18(23)21-13-16-6-4-11-22(14-16)19-20-10-12-24-19/h2-3,5,7,10,12,16H,4,6,8-9,11,13-14H2,1H3,(H,21,23)/t16-/m1/s1. The molecule has 1 aliphatic heterocycles. The second-order valence-corrected chi connectivity index (χ2v) is 7.37. The molecule has 3 rings (SSSR count). The molecule has 1 fully saturated rings. The van der Waals surface area contributed by atoms with Crippen LogP contribution in [-0.4, -0.2) is 30.5 Å². The number of nitrogens with one attached hydrogen (secondary N) is 1. The Balaban J connectivity index is 1.42. The minimum atomic E-state index is 0.157. The van der Waals surface area contributed by atoms with E-state index in [0.717, 1.165) is 31.2 Å². The third kappa shape index (κ3) is 4.57. The molecule has 1 aromatic heterocycles. The van der Waals surface area contributed by atoms with Crippen molar-refractivity contribution in [3.8, 4) is 0 Å². The van der Waals surface area contributed by atoms with Gasteiger partial charge in [0.05, 0.1) is 0 Å². The lowest BCUT2D eigenvalue weighted by molar-refractivity contribution is -0.121. The van der Waals surface area contributed by atoms with Crippen molar-refractivity contribution in [2.75, 3.05) is 24.5 Å². The molecule has 1 atom stereocenters. The lowest BCUT2D eigenvalue weighted by Crippen LogP contribution is -2.41. The average molecular weight is 343 g/mol. The van der Waals surface area contributed by atoms with Gasteiger partial charge in [-0.2, -0.15) is 0 Å². The van der Waals surface area contributed by atoms with Crippen LogP contribution in [0.5, 0.6) is 0 Å².